The van der Waals surface area contributed by atoms with Crippen LogP contribution in [0.25, 0.3) is 11.1 Å². The Morgan fingerprint density at radius 3 is 2.52 bits per heavy atom. The van der Waals surface area contributed by atoms with Crippen LogP contribution >= 0.6 is 0 Å². The number of rotatable bonds is 4. The van der Waals surface area contributed by atoms with Crippen molar-refractivity contribution in [1.29, 1.82) is 5.26 Å². The average molecular weight is 359 g/mol. The second kappa shape index (κ2) is 8.02. The molecule has 0 aliphatic carbocycles. The molecular weight excluding hydrogens is 342 g/mol. The predicted octanol–water partition coefficient (Wildman–Crippen LogP) is 3.97. The van der Waals surface area contributed by atoms with E-state index in [0.717, 1.165) is 5.56 Å². The van der Waals surface area contributed by atoms with Crippen molar-refractivity contribution >= 4 is 11.8 Å². The molecule has 0 spiro atoms. The van der Waals surface area contributed by atoms with E-state index in [4.69, 9.17) is 4.74 Å². The number of amides is 1. The summed E-state index contributed by atoms with van der Waals surface area (Å²) in [6.45, 7) is 1.94. The zero-order valence-corrected chi connectivity index (χ0v) is 14.7. The Kier molecular flexibility index (Phi) is 5.33. The van der Waals surface area contributed by atoms with Gasteiger partial charge in [0.25, 0.3) is 5.56 Å². The Labute approximate surface area is 156 Å². The number of carbonyl (C=O) groups excluding carboxylic acids is 1. The number of hydrogen-bond donors (Lipinski definition) is 2. The zero-order chi connectivity index (χ0) is 19.2. The number of ether oxygens (including phenoxy) is 1. The van der Waals surface area contributed by atoms with E-state index >= 15 is 0 Å². The summed E-state index contributed by atoms with van der Waals surface area (Å²) in [5.74, 6) is 0. The molecule has 6 heteroatoms. The van der Waals surface area contributed by atoms with Crippen molar-refractivity contribution < 1.29 is 9.53 Å². The number of nitrogens with one attached hydrogen (secondary N) is 2. The fourth-order valence-corrected chi connectivity index (χ4v) is 2.64. The molecule has 6 nitrogen and oxygen atoms in total. The van der Waals surface area contributed by atoms with Gasteiger partial charge >= 0.3 is 6.09 Å². The molecular formula is C21H17N3O3. The number of nitriles is 1. The Balaban J connectivity index is 1.70. The standard InChI is InChI=1S/C21H17N3O3/c1-14-11-18(19(12-22)20(25)23-14)16-7-9-17(10-8-16)24-21(26)27-13-15-5-3-2-4-6-15/h2-11H,13H2,1H3,(H,23,25)(H,24,26). The quantitative estimate of drug-likeness (QED) is 0.737. The monoisotopic (exact) mass is 359 g/mol. The van der Waals surface area contributed by atoms with Crippen molar-refractivity contribution in [3.05, 3.63) is 87.8 Å². The van der Waals surface area contributed by atoms with Crippen LogP contribution in [0.15, 0.2) is 65.5 Å². The third kappa shape index (κ3) is 4.41. The van der Waals surface area contributed by atoms with Gasteiger partial charge in [0, 0.05) is 16.9 Å². The largest absolute Gasteiger partial charge is 0.444 e. The van der Waals surface area contributed by atoms with E-state index in [1.54, 1.807) is 37.3 Å². The number of carbonyl (C=O) groups is 1. The number of anilines is 1. The first-order valence-electron chi connectivity index (χ1n) is 8.29. The molecule has 0 bridgehead atoms. The molecule has 2 aromatic carbocycles. The number of pyridine rings is 1. The van der Waals surface area contributed by atoms with Crippen molar-refractivity contribution in [2.45, 2.75) is 13.5 Å². The van der Waals surface area contributed by atoms with Crippen LogP contribution in [0.2, 0.25) is 0 Å². The highest BCUT2D eigenvalue weighted by atomic mass is 16.5. The molecule has 27 heavy (non-hydrogen) atoms. The van der Waals surface area contributed by atoms with Crippen LogP contribution in [0.3, 0.4) is 0 Å². The molecule has 1 heterocycles. The van der Waals surface area contributed by atoms with Gasteiger partial charge in [-0.25, -0.2) is 4.79 Å². The summed E-state index contributed by atoms with van der Waals surface area (Å²) >= 11 is 0. The van der Waals surface area contributed by atoms with Gasteiger partial charge in [0.2, 0.25) is 0 Å². The van der Waals surface area contributed by atoms with E-state index in [-0.39, 0.29) is 12.2 Å². The Morgan fingerprint density at radius 1 is 1.15 bits per heavy atom. The van der Waals surface area contributed by atoms with E-state index < -0.39 is 11.7 Å². The van der Waals surface area contributed by atoms with Crippen LogP contribution in [0.5, 0.6) is 0 Å². The molecule has 134 valence electrons. The summed E-state index contributed by atoms with van der Waals surface area (Å²) in [7, 11) is 0. The lowest BCUT2D eigenvalue weighted by atomic mass is 10.0. The number of H-pyrrole nitrogens is 1. The van der Waals surface area contributed by atoms with E-state index in [0.29, 0.717) is 22.5 Å². The molecule has 0 fully saturated rings. The smallest absolute Gasteiger partial charge is 0.411 e. The van der Waals surface area contributed by atoms with E-state index in [1.807, 2.05) is 36.4 Å². The van der Waals surface area contributed by atoms with Gasteiger partial charge in [-0.3, -0.25) is 10.1 Å². The van der Waals surface area contributed by atoms with Crippen molar-refractivity contribution in [1.82, 2.24) is 4.98 Å². The predicted molar refractivity (Wildman–Crippen MR) is 102 cm³/mol. The topological polar surface area (TPSA) is 95.0 Å². The van der Waals surface area contributed by atoms with Gasteiger partial charge < -0.3 is 9.72 Å². The van der Waals surface area contributed by atoms with Gasteiger partial charge in [-0.15, -0.1) is 0 Å². The highest BCUT2D eigenvalue weighted by molar-refractivity contribution is 5.85. The maximum absolute atomic E-state index is 11.9. The number of aromatic nitrogens is 1. The Morgan fingerprint density at radius 2 is 1.85 bits per heavy atom. The molecule has 0 aliphatic rings. The van der Waals surface area contributed by atoms with E-state index in [1.165, 1.54) is 0 Å². The van der Waals surface area contributed by atoms with Gasteiger partial charge in [0.1, 0.15) is 18.2 Å². The van der Waals surface area contributed by atoms with E-state index in [2.05, 4.69) is 10.3 Å². The average Bonchev–Trinajstić information content (AvgIpc) is 2.67. The lowest BCUT2D eigenvalue weighted by Gasteiger charge is -2.09. The Bertz CT molecular complexity index is 1050. The number of hydrogen-bond acceptors (Lipinski definition) is 4. The van der Waals surface area contributed by atoms with Gasteiger partial charge in [-0.05, 0) is 36.2 Å². The van der Waals surface area contributed by atoms with Gasteiger partial charge in [0.15, 0.2) is 0 Å². The number of aryl methyl sites for hydroxylation is 1. The first-order valence-corrected chi connectivity index (χ1v) is 8.29. The maximum atomic E-state index is 11.9. The van der Waals surface area contributed by atoms with Crippen molar-refractivity contribution in [2.75, 3.05) is 5.32 Å². The third-order valence-corrected chi connectivity index (χ3v) is 3.93. The van der Waals surface area contributed by atoms with Gasteiger partial charge in [-0.1, -0.05) is 42.5 Å². The number of benzene rings is 2. The highest BCUT2D eigenvalue weighted by Gasteiger charge is 2.11. The summed E-state index contributed by atoms with van der Waals surface area (Å²) in [6, 6.07) is 19.9. The molecule has 3 aromatic rings. The minimum atomic E-state index is -0.559. The summed E-state index contributed by atoms with van der Waals surface area (Å²) in [5.41, 5.74) is 3.03. The lowest BCUT2D eigenvalue weighted by Crippen LogP contribution is -2.14. The van der Waals surface area contributed by atoms with Gasteiger partial charge in [-0.2, -0.15) is 5.26 Å². The SMILES string of the molecule is Cc1cc(-c2ccc(NC(=O)OCc3ccccc3)cc2)c(C#N)c(=O)[nH]1. The van der Waals surface area contributed by atoms with Gasteiger partial charge in [0.05, 0.1) is 0 Å². The minimum Gasteiger partial charge on any atom is -0.444 e. The molecule has 3 rings (SSSR count). The highest BCUT2D eigenvalue weighted by Crippen LogP contribution is 2.23. The van der Waals surface area contributed by atoms with Crippen LogP contribution in [0, 0.1) is 18.3 Å². The second-order valence-electron chi connectivity index (χ2n) is 5.95. The van der Waals surface area contributed by atoms with Crippen LogP contribution in [0.4, 0.5) is 10.5 Å². The van der Waals surface area contributed by atoms with Crippen LogP contribution < -0.4 is 10.9 Å². The maximum Gasteiger partial charge on any atom is 0.411 e. The van der Waals surface area contributed by atoms with Crippen LogP contribution in [0.1, 0.15) is 16.8 Å². The van der Waals surface area contributed by atoms with Crippen LogP contribution in [-0.4, -0.2) is 11.1 Å². The fraction of sp³-hybridized carbons (Fsp3) is 0.0952. The summed E-state index contributed by atoms with van der Waals surface area (Å²) in [6.07, 6.45) is -0.559. The lowest BCUT2D eigenvalue weighted by molar-refractivity contribution is 0.155. The minimum absolute atomic E-state index is 0.0589. The molecule has 2 N–H and O–H groups in total. The molecule has 0 atom stereocenters. The molecule has 0 saturated heterocycles. The van der Waals surface area contributed by atoms with Crippen molar-refractivity contribution in [3.63, 3.8) is 0 Å². The normalized spacial score (nSPS) is 10.1. The molecule has 0 saturated carbocycles. The summed E-state index contributed by atoms with van der Waals surface area (Å²) in [4.78, 5) is 26.4. The number of aromatic amines is 1. The van der Waals surface area contributed by atoms with Crippen molar-refractivity contribution in [3.8, 4) is 17.2 Å². The number of nitrogens with zero attached hydrogens (tertiary/aromatic N) is 1. The molecule has 0 radical (unpaired) electrons. The van der Waals surface area contributed by atoms with Crippen LogP contribution in [-0.2, 0) is 11.3 Å². The van der Waals surface area contributed by atoms with E-state index in [9.17, 15) is 14.9 Å². The summed E-state index contributed by atoms with van der Waals surface area (Å²) in [5, 5.41) is 11.9. The zero-order valence-electron chi connectivity index (χ0n) is 14.7. The molecule has 1 amide bonds. The molecule has 0 aliphatic heterocycles. The second-order valence-corrected chi connectivity index (χ2v) is 5.95. The molecule has 1 aromatic heterocycles. The fourth-order valence-electron chi connectivity index (χ4n) is 2.64. The molecule has 0 unspecified atom stereocenters. The summed E-state index contributed by atoms with van der Waals surface area (Å²) < 4.78 is 5.18. The first kappa shape index (κ1) is 18.0. The first-order chi connectivity index (χ1) is 13.1. The van der Waals surface area contributed by atoms with Crippen molar-refractivity contribution in [2.24, 2.45) is 0 Å². The Hall–Kier alpha value is -3.85. The third-order valence-electron chi connectivity index (χ3n) is 3.93.